The summed E-state index contributed by atoms with van der Waals surface area (Å²) in [4.78, 5) is 18.5. The number of fused-ring (bicyclic) bond motifs is 1. The Balaban J connectivity index is 1.70. The molecule has 100 valence electrons. The summed E-state index contributed by atoms with van der Waals surface area (Å²) < 4.78 is 1.18. The maximum atomic E-state index is 12.3. The number of nitrogens with one attached hydrogen (secondary N) is 1. The summed E-state index contributed by atoms with van der Waals surface area (Å²) >= 11 is 1.63. The summed E-state index contributed by atoms with van der Waals surface area (Å²) in [7, 11) is 0. The van der Waals surface area contributed by atoms with Gasteiger partial charge < -0.3 is 10.2 Å². The molecule has 1 amide bonds. The average molecular weight is 275 g/mol. The predicted molar refractivity (Wildman–Crippen MR) is 77.4 cm³/mol. The Morgan fingerprint density at radius 3 is 3.26 bits per heavy atom. The van der Waals surface area contributed by atoms with Crippen molar-refractivity contribution in [3.05, 3.63) is 29.3 Å². The van der Waals surface area contributed by atoms with Gasteiger partial charge >= 0.3 is 0 Å². The van der Waals surface area contributed by atoms with Crippen LogP contribution in [0.5, 0.6) is 0 Å². The molecule has 0 aliphatic carbocycles. The van der Waals surface area contributed by atoms with Gasteiger partial charge in [-0.2, -0.15) is 0 Å². The van der Waals surface area contributed by atoms with Crippen LogP contribution in [0.25, 0.3) is 10.2 Å². The molecular weight excluding hydrogens is 258 g/mol. The van der Waals surface area contributed by atoms with Crippen LogP contribution >= 0.6 is 11.3 Å². The molecule has 0 radical (unpaired) electrons. The van der Waals surface area contributed by atoms with E-state index >= 15 is 0 Å². The molecule has 5 heteroatoms. The molecule has 1 aliphatic rings. The zero-order valence-electron chi connectivity index (χ0n) is 10.8. The van der Waals surface area contributed by atoms with Crippen molar-refractivity contribution >= 4 is 27.5 Å². The lowest BCUT2D eigenvalue weighted by Crippen LogP contribution is -2.35. The molecule has 0 bridgehead atoms. The lowest BCUT2D eigenvalue weighted by atomic mass is 10.1. The summed E-state index contributed by atoms with van der Waals surface area (Å²) in [6, 6.07) is 6.12. The van der Waals surface area contributed by atoms with Crippen LogP contribution in [0.2, 0.25) is 0 Å². The minimum absolute atomic E-state index is 0.221. The van der Waals surface area contributed by atoms with Gasteiger partial charge in [-0.15, -0.1) is 11.3 Å². The second-order valence-electron chi connectivity index (χ2n) is 4.82. The Kier molecular flexibility index (Phi) is 3.75. The van der Waals surface area contributed by atoms with E-state index in [2.05, 4.69) is 16.4 Å². The number of hydrogen-bond donors (Lipinski definition) is 1. The molecule has 1 N–H and O–H groups in total. The molecule has 1 saturated heterocycles. The molecule has 0 atom stereocenters. The Morgan fingerprint density at radius 2 is 2.32 bits per heavy atom. The molecule has 0 saturated carbocycles. The Labute approximate surface area is 116 Å². The van der Waals surface area contributed by atoms with Crippen LogP contribution in [-0.2, 0) is 11.2 Å². The van der Waals surface area contributed by atoms with E-state index in [-0.39, 0.29) is 5.91 Å². The fourth-order valence-corrected chi connectivity index (χ4v) is 3.05. The molecule has 3 rings (SSSR count). The van der Waals surface area contributed by atoms with Gasteiger partial charge in [0.2, 0.25) is 5.91 Å². The van der Waals surface area contributed by atoms with Crippen molar-refractivity contribution in [2.45, 2.75) is 12.8 Å². The number of amides is 1. The van der Waals surface area contributed by atoms with Gasteiger partial charge in [0.05, 0.1) is 22.1 Å². The van der Waals surface area contributed by atoms with Crippen molar-refractivity contribution in [2.75, 3.05) is 26.2 Å². The van der Waals surface area contributed by atoms with E-state index in [0.717, 1.165) is 43.7 Å². The highest BCUT2D eigenvalue weighted by Crippen LogP contribution is 2.19. The summed E-state index contributed by atoms with van der Waals surface area (Å²) in [6.07, 6.45) is 1.52. The monoisotopic (exact) mass is 275 g/mol. The second kappa shape index (κ2) is 5.67. The van der Waals surface area contributed by atoms with Crippen LogP contribution < -0.4 is 5.32 Å². The van der Waals surface area contributed by atoms with E-state index in [1.165, 1.54) is 4.70 Å². The van der Waals surface area contributed by atoms with Crippen molar-refractivity contribution in [2.24, 2.45) is 0 Å². The molecule has 2 aromatic rings. The first-order valence-electron chi connectivity index (χ1n) is 6.63. The zero-order chi connectivity index (χ0) is 13.1. The van der Waals surface area contributed by atoms with Crippen molar-refractivity contribution in [1.29, 1.82) is 0 Å². The summed E-state index contributed by atoms with van der Waals surface area (Å²) in [5.41, 5.74) is 3.89. The highest BCUT2D eigenvalue weighted by atomic mass is 32.1. The van der Waals surface area contributed by atoms with Gasteiger partial charge in [0.25, 0.3) is 0 Å². The van der Waals surface area contributed by atoms with Gasteiger partial charge in [0.15, 0.2) is 0 Å². The van der Waals surface area contributed by atoms with Crippen LogP contribution in [0.1, 0.15) is 12.0 Å². The summed E-state index contributed by atoms with van der Waals surface area (Å²) in [5.74, 6) is 0.221. The fourth-order valence-electron chi connectivity index (χ4n) is 2.39. The molecular formula is C14H17N3OS. The van der Waals surface area contributed by atoms with E-state index in [1.807, 2.05) is 22.5 Å². The SMILES string of the molecule is O=C(Cc1ccc2scnc2c1)N1CCCNCC1. The molecule has 1 aliphatic heterocycles. The van der Waals surface area contributed by atoms with Crippen LogP contribution in [0, 0.1) is 0 Å². The minimum atomic E-state index is 0.221. The van der Waals surface area contributed by atoms with Gasteiger partial charge in [-0.3, -0.25) is 4.79 Å². The molecule has 1 fully saturated rings. The predicted octanol–water partition coefficient (Wildman–Crippen LogP) is 1.66. The van der Waals surface area contributed by atoms with E-state index in [1.54, 1.807) is 11.3 Å². The maximum Gasteiger partial charge on any atom is 0.227 e. The molecule has 2 heterocycles. The highest BCUT2D eigenvalue weighted by molar-refractivity contribution is 7.16. The highest BCUT2D eigenvalue weighted by Gasteiger charge is 2.15. The Hall–Kier alpha value is -1.46. The van der Waals surface area contributed by atoms with Crippen LogP contribution in [0.3, 0.4) is 0 Å². The number of aromatic nitrogens is 1. The number of rotatable bonds is 2. The third-order valence-electron chi connectivity index (χ3n) is 3.44. The normalized spacial score (nSPS) is 16.5. The summed E-state index contributed by atoms with van der Waals surface area (Å²) in [6.45, 7) is 3.59. The van der Waals surface area contributed by atoms with E-state index in [9.17, 15) is 4.79 Å². The second-order valence-corrected chi connectivity index (χ2v) is 5.70. The lowest BCUT2D eigenvalue weighted by molar-refractivity contribution is -0.130. The third kappa shape index (κ3) is 2.93. The van der Waals surface area contributed by atoms with Gasteiger partial charge in [-0.1, -0.05) is 6.07 Å². The van der Waals surface area contributed by atoms with Gasteiger partial charge in [0.1, 0.15) is 0 Å². The first-order valence-corrected chi connectivity index (χ1v) is 7.51. The number of carbonyl (C=O) groups excluding carboxylic acids is 1. The van der Waals surface area contributed by atoms with E-state index in [4.69, 9.17) is 0 Å². The zero-order valence-corrected chi connectivity index (χ0v) is 11.6. The van der Waals surface area contributed by atoms with Gasteiger partial charge in [-0.25, -0.2) is 4.98 Å². The van der Waals surface area contributed by atoms with Crippen LogP contribution in [0.15, 0.2) is 23.7 Å². The smallest absolute Gasteiger partial charge is 0.227 e. The minimum Gasteiger partial charge on any atom is -0.341 e. The molecule has 4 nitrogen and oxygen atoms in total. The van der Waals surface area contributed by atoms with Gasteiger partial charge in [-0.05, 0) is 30.7 Å². The average Bonchev–Trinajstić information content (AvgIpc) is 2.71. The first kappa shape index (κ1) is 12.6. The van der Waals surface area contributed by atoms with E-state index in [0.29, 0.717) is 6.42 Å². The van der Waals surface area contributed by atoms with Crippen molar-refractivity contribution in [3.63, 3.8) is 0 Å². The number of carbonyl (C=O) groups is 1. The molecule has 1 aromatic heterocycles. The van der Waals surface area contributed by atoms with Crippen LogP contribution in [0.4, 0.5) is 0 Å². The number of nitrogens with zero attached hydrogens (tertiary/aromatic N) is 2. The molecule has 0 unspecified atom stereocenters. The molecule has 19 heavy (non-hydrogen) atoms. The summed E-state index contributed by atoms with van der Waals surface area (Å²) in [5, 5.41) is 3.31. The number of hydrogen-bond acceptors (Lipinski definition) is 4. The van der Waals surface area contributed by atoms with E-state index < -0.39 is 0 Å². The standard InChI is InChI=1S/C14H17N3OS/c18-14(17-6-1-4-15-5-7-17)9-11-2-3-13-12(8-11)16-10-19-13/h2-3,8,10,15H,1,4-7,9H2. The lowest BCUT2D eigenvalue weighted by Gasteiger charge is -2.19. The topological polar surface area (TPSA) is 45.2 Å². The third-order valence-corrected chi connectivity index (χ3v) is 4.25. The number of benzene rings is 1. The van der Waals surface area contributed by atoms with Crippen molar-refractivity contribution in [1.82, 2.24) is 15.2 Å². The maximum absolute atomic E-state index is 12.3. The number of thiazole rings is 1. The molecule has 1 aromatic carbocycles. The van der Waals surface area contributed by atoms with Crippen molar-refractivity contribution < 1.29 is 4.79 Å². The quantitative estimate of drug-likeness (QED) is 0.906. The Morgan fingerprint density at radius 1 is 1.37 bits per heavy atom. The largest absolute Gasteiger partial charge is 0.341 e. The van der Waals surface area contributed by atoms with Crippen LogP contribution in [-0.4, -0.2) is 42.0 Å². The van der Waals surface area contributed by atoms with Gasteiger partial charge in [0, 0.05) is 19.6 Å². The Bertz CT molecular complexity index is 573. The fraction of sp³-hybridized carbons (Fsp3) is 0.429. The first-order chi connectivity index (χ1) is 9.33. The van der Waals surface area contributed by atoms with Crippen molar-refractivity contribution in [3.8, 4) is 0 Å². The molecule has 0 spiro atoms.